The standard InChI is InChI=1S/C11H23NO/c1-5-8-13-11(4)9-12-7-6-10(2)3/h5,10-12H,1,6-9H2,2-4H3. The quantitative estimate of drug-likeness (QED) is 0.462. The summed E-state index contributed by atoms with van der Waals surface area (Å²) in [5.74, 6) is 0.775. The average molecular weight is 185 g/mol. The molecule has 1 atom stereocenters. The molecule has 2 nitrogen and oxygen atoms in total. The summed E-state index contributed by atoms with van der Waals surface area (Å²) >= 11 is 0. The molecule has 0 radical (unpaired) electrons. The molecule has 0 heterocycles. The molecule has 0 aromatic heterocycles. The Morgan fingerprint density at radius 3 is 2.62 bits per heavy atom. The Hall–Kier alpha value is -0.340. The van der Waals surface area contributed by atoms with Crippen LogP contribution in [0.1, 0.15) is 27.2 Å². The third kappa shape index (κ3) is 9.57. The summed E-state index contributed by atoms with van der Waals surface area (Å²) in [7, 11) is 0. The minimum absolute atomic E-state index is 0.283. The van der Waals surface area contributed by atoms with Gasteiger partial charge in [0.25, 0.3) is 0 Å². The van der Waals surface area contributed by atoms with Gasteiger partial charge in [-0.1, -0.05) is 19.9 Å². The lowest BCUT2D eigenvalue weighted by molar-refractivity contribution is 0.0879. The van der Waals surface area contributed by atoms with Gasteiger partial charge in [-0.05, 0) is 25.8 Å². The highest BCUT2D eigenvalue weighted by molar-refractivity contribution is 4.66. The predicted octanol–water partition coefficient (Wildman–Crippen LogP) is 2.21. The number of ether oxygens (including phenoxy) is 1. The highest BCUT2D eigenvalue weighted by Crippen LogP contribution is 1.96. The zero-order valence-corrected chi connectivity index (χ0v) is 9.18. The molecule has 0 bridgehead atoms. The second kappa shape index (κ2) is 8.27. The molecule has 0 fully saturated rings. The van der Waals surface area contributed by atoms with E-state index in [2.05, 4.69) is 32.7 Å². The zero-order valence-electron chi connectivity index (χ0n) is 9.18. The van der Waals surface area contributed by atoms with Crippen molar-refractivity contribution in [3.63, 3.8) is 0 Å². The van der Waals surface area contributed by atoms with Crippen LogP contribution in [0.2, 0.25) is 0 Å². The van der Waals surface area contributed by atoms with Gasteiger partial charge in [0, 0.05) is 6.54 Å². The molecule has 0 saturated carbocycles. The summed E-state index contributed by atoms with van der Waals surface area (Å²) in [4.78, 5) is 0. The van der Waals surface area contributed by atoms with Crippen molar-refractivity contribution in [2.24, 2.45) is 5.92 Å². The molecule has 0 aromatic carbocycles. The zero-order chi connectivity index (χ0) is 10.1. The van der Waals surface area contributed by atoms with Gasteiger partial charge in [0.15, 0.2) is 0 Å². The van der Waals surface area contributed by atoms with Gasteiger partial charge in [-0.15, -0.1) is 6.58 Å². The van der Waals surface area contributed by atoms with Crippen LogP contribution in [0.4, 0.5) is 0 Å². The van der Waals surface area contributed by atoms with Gasteiger partial charge in [0.1, 0.15) is 0 Å². The lowest BCUT2D eigenvalue weighted by Gasteiger charge is -2.13. The Morgan fingerprint density at radius 2 is 2.08 bits per heavy atom. The smallest absolute Gasteiger partial charge is 0.0675 e. The van der Waals surface area contributed by atoms with E-state index >= 15 is 0 Å². The largest absolute Gasteiger partial charge is 0.373 e. The first-order valence-corrected chi connectivity index (χ1v) is 5.10. The fourth-order valence-corrected chi connectivity index (χ4v) is 0.987. The molecule has 0 aliphatic carbocycles. The van der Waals surface area contributed by atoms with Crippen LogP contribution in [0.3, 0.4) is 0 Å². The maximum atomic E-state index is 5.42. The van der Waals surface area contributed by atoms with Crippen LogP contribution < -0.4 is 5.32 Å². The molecular formula is C11H23NO. The number of rotatable bonds is 8. The van der Waals surface area contributed by atoms with Gasteiger partial charge in [0.05, 0.1) is 12.7 Å². The van der Waals surface area contributed by atoms with E-state index in [9.17, 15) is 0 Å². The highest BCUT2D eigenvalue weighted by atomic mass is 16.5. The number of nitrogens with one attached hydrogen (secondary N) is 1. The molecule has 0 aromatic rings. The van der Waals surface area contributed by atoms with Crippen LogP contribution in [-0.2, 0) is 4.74 Å². The second-order valence-electron chi connectivity index (χ2n) is 3.82. The lowest BCUT2D eigenvalue weighted by atomic mass is 10.1. The van der Waals surface area contributed by atoms with E-state index in [4.69, 9.17) is 4.74 Å². The first-order valence-electron chi connectivity index (χ1n) is 5.10. The maximum absolute atomic E-state index is 5.42. The monoisotopic (exact) mass is 185 g/mol. The summed E-state index contributed by atoms with van der Waals surface area (Å²) < 4.78 is 5.42. The molecule has 0 saturated heterocycles. The Kier molecular flexibility index (Phi) is 8.05. The summed E-state index contributed by atoms with van der Waals surface area (Å²) in [5.41, 5.74) is 0. The molecule has 0 aliphatic heterocycles. The van der Waals surface area contributed by atoms with Crippen LogP contribution >= 0.6 is 0 Å². The molecule has 0 aliphatic rings. The molecular weight excluding hydrogens is 162 g/mol. The lowest BCUT2D eigenvalue weighted by Crippen LogP contribution is -2.28. The molecule has 78 valence electrons. The van der Waals surface area contributed by atoms with Crippen LogP contribution in [-0.4, -0.2) is 25.8 Å². The Morgan fingerprint density at radius 1 is 1.38 bits per heavy atom. The number of hydrogen-bond donors (Lipinski definition) is 1. The molecule has 2 heteroatoms. The van der Waals surface area contributed by atoms with E-state index < -0.39 is 0 Å². The van der Waals surface area contributed by atoms with E-state index in [1.807, 2.05) is 0 Å². The van der Waals surface area contributed by atoms with Crippen molar-refractivity contribution in [3.05, 3.63) is 12.7 Å². The molecule has 0 rings (SSSR count). The molecule has 1 unspecified atom stereocenters. The molecule has 0 spiro atoms. The summed E-state index contributed by atoms with van der Waals surface area (Å²) in [6.45, 7) is 12.8. The SMILES string of the molecule is C=CCOC(C)CNCCC(C)C. The topological polar surface area (TPSA) is 21.3 Å². The Labute approximate surface area is 82.4 Å². The van der Waals surface area contributed by atoms with E-state index in [1.54, 1.807) is 6.08 Å². The minimum Gasteiger partial charge on any atom is -0.373 e. The van der Waals surface area contributed by atoms with E-state index in [1.165, 1.54) is 6.42 Å². The maximum Gasteiger partial charge on any atom is 0.0675 e. The van der Waals surface area contributed by atoms with Crippen LogP contribution in [0.15, 0.2) is 12.7 Å². The van der Waals surface area contributed by atoms with Gasteiger partial charge < -0.3 is 10.1 Å². The third-order valence-corrected chi connectivity index (χ3v) is 1.83. The minimum atomic E-state index is 0.283. The van der Waals surface area contributed by atoms with E-state index in [0.717, 1.165) is 19.0 Å². The van der Waals surface area contributed by atoms with Gasteiger partial charge in [-0.2, -0.15) is 0 Å². The van der Waals surface area contributed by atoms with Crippen LogP contribution in [0, 0.1) is 5.92 Å². The normalized spacial score (nSPS) is 13.2. The predicted molar refractivity (Wildman–Crippen MR) is 57.9 cm³/mol. The fraction of sp³-hybridized carbons (Fsp3) is 0.818. The van der Waals surface area contributed by atoms with Gasteiger partial charge in [0.2, 0.25) is 0 Å². The summed E-state index contributed by atoms with van der Waals surface area (Å²) in [5, 5.41) is 3.37. The van der Waals surface area contributed by atoms with Crippen molar-refractivity contribution in [1.29, 1.82) is 0 Å². The molecule has 13 heavy (non-hydrogen) atoms. The van der Waals surface area contributed by atoms with Gasteiger partial charge >= 0.3 is 0 Å². The average Bonchev–Trinajstić information content (AvgIpc) is 2.08. The Balaban J connectivity index is 3.16. The van der Waals surface area contributed by atoms with Gasteiger partial charge in [-0.3, -0.25) is 0 Å². The van der Waals surface area contributed by atoms with Crippen LogP contribution in [0.25, 0.3) is 0 Å². The van der Waals surface area contributed by atoms with Crippen molar-refractivity contribution < 1.29 is 4.74 Å². The van der Waals surface area contributed by atoms with E-state index in [0.29, 0.717) is 6.61 Å². The molecule has 1 N–H and O–H groups in total. The van der Waals surface area contributed by atoms with Crippen molar-refractivity contribution >= 4 is 0 Å². The fourth-order valence-electron chi connectivity index (χ4n) is 0.987. The van der Waals surface area contributed by atoms with Crippen molar-refractivity contribution in [2.75, 3.05) is 19.7 Å². The van der Waals surface area contributed by atoms with Crippen molar-refractivity contribution in [2.45, 2.75) is 33.3 Å². The second-order valence-corrected chi connectivity index (χ2v) is 3.82. The molecule has 0 amide bonds. The van der Waals surface area contributed by atoms with Crippen LogP contribution in [0.5, 0.6) is 0 Å². The first kappa shape index (κ1) is 12.7. The highest BCUT2D eigenvalue weighted by Gasteiger charge is 1.99. The summed E-state index contributed by atoms with van der Waals surface area (Å²) in [6.07, 6.45) is 3.30. The van der Waals surface area contributed by atoms with Gasteiger partial charge in [-0.25, -0.2) is 0 Å². The summed E-state index contributed by atoms with van der Waals surface area (Å²) in [6, 6.07) is 0. The Bertz CT molecular complexity index is 123. The first-order chi connectivity index (χ1) is 6.16. The van der Waals surface area contributed by atoms with Crippen molar-refractivity contribution in [1.82, 2.24) is 5.32 Å². The van der Waals surface area contributed by atoms with E-state index in [-0.39, 0.29) is 6.10 Å². The van der Waals surface area contributed by atoms with Crippen molar-refractivity contribution in [3.8, 4) is 0 Å². The number of hydrogen-bond acceptors (Lipinski definition) is 2. The third-order valence-electron chi connectivity index (χ3n) is 1.83.